The van der Waals surface area contributed by atoms with Gasteiger partial charge in [0.1, 0.15) is 0 Å². The molecule has 0 saturated carbocycles. The molecule has 0 aromatic heterocycles. The zero-order chi connectivity index (χ0) is 11.5. The van der Waals surface area contributed by atoms with Crippen molar-refractivity contribution in [1.82, 2.24) is 0 Å². The largest absolute Gasteiger partial charge is 0.330 e. The molecule has 15 heavy (non-hydrogen) atoms. The minimum absolute atomic E-state index is 0.247. The average molecular weight is 205 g/mol. The molecule has 1 aromatic carbocycles. The van der Waals surface area contributed by atoms with Gasteiger partial charge in [0.05, 0.1) is 0 Å². The molecule has 0 aliphatic carbocycles. The van der Waals surface area contributed by atoms with Crippen LogP contribution in [0.3, 0.4) is 0 Å². The molecule has 0 saturated heterocycles. The van der Waals surface area contributed by atoms with Crippen LogP contribution < -0.4 is 5.73 Å². The van der Waals surface area contributed by atoms with Crippen molar-refractivity contribution in [1.29, 1.82) is 0 Å². The summed E-state index contributed by atoms with van der Waals surface area (Å²) in [6.45, 7) is 9.64. The molecular weight excluding hydrogens is 182 g/mol. The minimum atomic E-state index is 0.247. The van der Waals surface area contributed by atoms with Crippen LogP contribution in [0.25, 0.3) is 0 Å². The third kappa shape index (κ3) is 2.82. The molecule has 2 N–H and O–H groups in total. The number of aryl methyl sites for hydroxylation is 2. The van der Waals surface area contributed by atoms with Crippen LogP contribution in [0.2, 0.25) is 0 Å². The Labute approximate surface area is 93.7 Å². The Morgan fingerprint density at radius 3 is 2.13 bits per heavy atom. The summed E-state index contributed by atoms with van der Waals surface area (Å²) >= 11 is 0. The van der Waals surface area contributed by atoms with E-state index >= 15 is 0 Å². The van der Waals surface area contributed by atoms with E-state index < -0.39 is 0 Å². The predicted octanol–water partition coefficient (Wildman–Crippen LogP) is 3.22. The fraction of sp³-hybridized carbons (Fsp3) is 0.571. The summed E-state index contributed by atoms with van der Waals surface area (Å²) in [5.41, 5.74) is 10.4. The summed E-state index contributed by atoms with van der Waals surface area (Å²) in [6.07, 6.45) is 2.23. The minimum Gasteiger partial charge on any atom is -0.330 e. The molecular formula is C14H23N. The molecule has 1 unspecified atom stereocenters. The van der Waals surface area contributed by atoms with E-state index in [1.54, 1.807) is 0 Å². The maximum atomic E-state index is 5.87. The quantitative estimate of drug-likeness (QED) is 0.802. The lowest BCUT2D eigenvalue weighted by molar-refractivity contribution is 0.319. The maximum Gasteiger partial charge on any atom is -0.00201 e. The molecule has 0 aliphatic rings. The van der Waals surface area contributed by atoms with E-state index in [-0.39, 0.29) is 5.41 Å². The summed E-state index contributed by atoms with van der Waals surface area (Å²) in [5, 5.41) is 0. The molecule has 84 valence electrons. The van der Waals surface area contributed by atoms with Crippen LogP contribution in [0.15, 0.2) is 18.2 Å². The zero-order valence-corrected chi connectivity index (χ0v) is 10.4. The van der Waals surface area contributed by atoms with Crippen LogP contribution >= 0.6 is 0 Å². The van der Waals surface area contributed by atoms with Gasteiger partial charge in [-0.25, -0.2) is 0 Å². The highest BCUT2D eigenvalue weighted by molar-refractivity contribution is 5.34. The van der Waals surface area contributed by atoms with E-state index in [1.165, 1.54) is 16.7 Å². The molecule has 1 rings (SSSR count). The van der Waals surface area contributed by atoms with Crippen molar-refractivity contribution in [3.63, 3.8) is 0 Å². The van der Waals surface area contributed by atoms with E-state index in [0.29, 0.717) is 0 Å². The van der Waals surface area contributed by atoms with Crippen LogP contribution in [0.4, 0.5) is 0 Å². The molecule has 1 aromatic rings. The molecule has 0 amide bonds. The molecule has 0 aliphatic heterocycles. The van der Waals surface area contributed by atoms with Crippen molar-refractivity contribution >= 4 is 0 Å². The van der Waals surface area contributed by atoms with Crippen LogP contribution in [0.1, 0.15) is 37.0 Å². The van der Waals surface area contributed by atoms with Crippen molar-refractivity contribution in [3.05, 3.63) is 34.9 Å². The van der Waals surface area contributed by atoms with E-state index in [1.807, 2.05) is 0 Å². The van der Waals surface area contributed by atoms with Crippen molar-refractivity contribution < 1.29 is 0 Å². The van der Waals surface area contributed by atoms with Gasteiger partial charge in [0.25, 0.3) is 0 Å². The maximum absolute atomic E-state index is 5.87. The van der Waals surface area contributed by atoms with Gasteiger partial charge in [0.15, 0.2) is 0 Å². The summed E-state index contributed by atoms with van der Waals surface area (Å²) in [5.74, 6) is 0. The summed E-state index contributed by atoms with van der Waals surface area (Å²) in [6, 6.07) is 6.50. The van der Waals surface area contributed by atoms with Gasteiger partial charge in [0, 0.05) is 0 Å². The van der Waals surface area contributed by atoms with Crippen molar-refractivity contribution in [2.45, 2.75) is 40.5 Å². The average Bonchev–Trinajstić information content (AvgIpc) is 2.23. The van der Waals surface area contributed by atoms with E-state index in [9.17, 15) is 0 Å². The third-order valence-corrected chi connectivity index (χ3v) is 3.59. The van der Waals surface area contributed by atoms with Gasteiger partial charge in [-0.15, -0.1) is 0 Å². The fourth-order valence-corrected chi connectivity index (χ4v) is 1.90. The van der Waals surface area contributed by atoms with Gasteiger partial charge in [-0.3, -0.25) is 0 Å². The van der Waals surface area contributed by atoms with Gasteiger partial charge >= 0.3 is 0 Å². The molecule has 0 heterocycles. The molecule has 0 fully saturated rings. The Hall–Kier alpha value is -0.820. The Morgan fingerprint density at radius 1 is 1.20 bits per heavy atom. The standard InChI is InChI=1S/C14H23N/c1-5-14(4,10-15)9-13-11(2)7-6-8-12(13)3/h6-8H,5,9-10,15H2,1-4H3. The second-order valence-electron chi connectivity index (χ2n) is 4.92. The predicted molar refractivity (Wildman–Crippen MR) is 67.1 cm³/mol. The number of nitrogens with two attached hydrogens (primary N) is 1. The summed E-state index contributed by atoms with van der Waals surface area (Å²) in [7, 11) is 0. The van der Waals surface area contributed by atoms with E-state index in [0.717, 1.165) is 19.4 Å². The number of hydrogen-bond acceptors (Lipinski definition) is 1. The van der Waals surface area contributed by atoms with Crippen LogP contribution in [0.5, 0.6) is 0 Å². The Kier molecular flexibility index (Phi) is 3.92. The fourth-order valence-electron chi connectivity index (χ4n) is 1.90. The first-order valence-corrected chi connectivity index (χ1v) is 5.77. The first-order chi connectivity index (χ1) is 7.02. The van der Waals surface area contributed by atoms with Gasteiger partial charge in [-0.2, -0.15) is 0 Å². The first-order valence-electron chi connectivity index (χ1n) is 5.77. The van der Waals surface area contributed by atoms with Gasteiger partial charge in [-0.05, 0) is 55.3 Å². The molecule has 0 spiro atoms. The Balaban J connectivity index is 2.98. The molecule has 1 heteroatoms. The first kappa shape index (κ1) is 12.3. The van der Waals surface area contributed by atoms with Crippen molar-refractivity contribution in [3.8, 4) is 0 Å². The normalized spacial score (nSPS) is 15.0. The molecule has 0 bridgehead atoms. The lowest BCUT2D eigenvalue weighted by Crippen LogP contribution is -2.29. The Bertz CT molecular complexity index is 304. The van der Waals surface area contributed by atoms with Crippen molar-refractivity contribution in [2.75, 3.05) is 6.54 Å². The second-order valence-corrected chi connectivity index (χ2v) is 4.92. The highest BCUT2D eigenvalue weighted by Gasteiger charge is 2.22. The Morgan fingerprint density at radius 2 is 1.73 bits per heavy atom. The lowest BCUT2D eigenvalue weighted by Gasteiger charge is -2.28. The third-order valence-electron chi connectivity index (χ3n) is 3.59. The lowest BCUT2D eigenvalue weighted by atomic mass is 9.79. The summed E-state index contributed by atoms with van der Waals surface area (Å²) in [4.78, 5) is 0. The SMILES string of the molecule is CCC(C)(CN)Cc1c(C)cccc1C. The smallest absolute Gasteiger partial charge is 0.00201 e. The monoisotopic (exact) mass is 205 g/mol. The summed E-state index contributed by atoms with van der Waals surface area (Å²) < 4.78 is 0. The highest BCUT2D eigenvalue weighted by atomic mass is 14.6. The van der Waals surface area contributed by atoms with Gasteiger partial charge < -0.3 is 5.73 Å². The van der Waals surface area contributed by atoms with Gasteiger partial charge in [0.2, 0.25) is 0 Å². The van der Waals surface area contributed by atoms with Crippen LogP contribution in [0, 0.1) is 19.3 Å². The van der Waals surface area contributed by atoms with Crippen molar-refractivity contribution in [2.24, 2.45) is 11.1 Å². The highest BCUT2D eigenvalue weighted by Crippen LogP contribution is 2.28. The van der Waals surface area contributed by atoms with Crippen LogP contribution in [-0.4, -0.2) is 6.54 Å². The molecule has 0 radical (unpaired) electrons. The van der Waals surface area contributed by atoms with E-state index in [4.69, 9.17) is 5.73 Å². The van der Waals surface area contributed by atoms with Crippen LogP contribution in [-0.2, 0) is 6.42 Å². The molecule has 1 atom stereocenters. The molecule has 1 nitrogen and oxygen atoms in total. The van der Waals surface area contributed by atoms with E-state index in [2.05, 4.69) is 45.9 Å². The van der Waals surface area contributed by atoms with Gasteiger partial charge in [-0.1, -0.05) is 32.0 Å². The number of hydrogen-bond donors (Lipinski definition) is 1. The topological polar surface area (TPSA) is 26.0 Å². The number of benzene rings is 1. The second kappa shape index (κ2) is 4.80. The zero-order valence-electron chi connectivity index (χ0n) is 10.4. The number of rotatable bonds is 4.